The fourth-order valence-corrected chi connectivity index (χ4v) is 7.72. The van der Waals surface area contributed by atoms with Crippen LogP contribution in [0, 0.1) is 35.0 Å². The third kappa shape index (κ3) is 4.26. The summed E-state index contributed by atoms with van der Waals surface area (Å²) in [5.74, 6) is 3.52. The highest BCUT2D eigenvalue weighted by Crippen LogP contribution is 2.63. The van der Waals surface area contributed by atoms with E-state index in [0.29, 0.717) is 30.1 Å². The number of hydrogen-bond acceptors (Lipinski definition) is 4. The van der Waals surface area contributed by atoms with E-state index in [4.69, 9.17) is 4.74 Å². The normalized spacial score (nSPS) is 40.2. The maximum absolute atomic E-state index is 12.1. The van der Waals surface area contributed by atoms with E-state index in [-0.39, 0.29) is 17.5 Å². The summed E-state index contributed by atoms with van der Waals surface area (Å²) in [7, 11) is 0. The van der Waals surface area contributed by atoms with Gasteiger partial charge in [0.2, 0.25) is 0 Å². The fraction of sp³-hybridized carbons (Fsp3) is 0.846. The van der Waals surface area contributed by atoms with Crippen LogP contribution in [0.5, 0.6) is 0 Å². The maximum Gasteiger partial charge on any atom is 0.302 e. The largest absolute Gasteiger partial charge is 0.466 e. The number of ketones is 1. The summed E-state index contributed by atoms with van der Waals surface area (Å²) in [6.45, 7) is 4.36. The number of fused-ring (bicyclic) bond motifs is 5. The molecule has 168 valence electrons. The molecule has 0 bridgehead atoms. The van der Waals surface area contributed by atoms with E-state index in [1.807, 2.05) is 6.08 Å². The highest BCUT2D eigenvalue weighted by Gasteiger charge is 2.58. The zero-order valence-corrected chi connectivity index (χ0v) is 18.9. The van der Waals surface area contributed by atoms with E-state index in [9.17, 15) is 14.7 Å². The first-order valence-corrected chi connectivity index (χ1v) is 12.4. The van der Waals surface area contributed by atoms with Gasteiger partial charge in [-0.2, -0.15) is 0 Å². The number of esters is 1. The summed E-state index contributed by atoms with van der Waals surface area (Å²) in [6.07, 6.45) is 15.0. The number of aliphatic hydroxyl groups excluding tert-OH is 1. The zero-order chi connectivity index (χ0) is 21.3. The molecule has 0 radical (unpaired) electrons. The van der Waals surface area contributed by atoms with Crippen molar-refractivity contribution < 1.29 is 19.4 Å². The van der Waals surface area contributed by atoms with Gasteiger partial charge in [-0.3, -0.25) is 9.59 Å². The van der Waals surface area contributed by atoms with E-state index in [1.54, 1.807) is 0 Å². The second kappa shape index (κ2) is 9.14. The quantitative estimate of drug-likeness (QED) is 0.456. The highest BCUT2D eigenvalue weighted by molar-refractivity contribution is 5.91. The topological polar surface area (TPSA) is 63.6 Å². The summed E-state index contributed by atoms with van der Waals surface area (Å²) in [6, 6.07) is 0. The number of carbonyl (C=O) groups excluding carboxylic acids is 2. The Hall–Kier alpha value is -1.16. The van der Waals surface area contributed by atoms with Crippen molar-refractivity contribution in [2.45, 2.75) is 97.0 Å². The van der Waals surface area contributed by atoms with Gasteiger partial charge in [0, 0.05) is 13.3 Å². The first-order chi connectivity index (χ1) is 14.4. The molecule has 0 saturated heterocycles. The SMILES string of the molecule is CC(=O)OCCCCCC[C@@H]1CC2=CC(=O)CC[C@@H]2[C@H]2CC[C@]3(C)[C@@H](O)CC[C@H]3[C@H]12. The molecule has 0 amide bonds. The Balaban J connectivity index is 1.42. The third-order valence-electron chi connectivity index (χ3n) is 9.19. The number of unbranched alkanes of at least 4 members (excludes halogenated alkanes) is 3. The number of carbonyl (C=O) groups is 2. The first kappa shape index (κ1) is 22.0. The second-order valence-corrected chi connectivity index (χ2v) is 10.8. The van der Waals surface area contributed by atoms with Gasteiger partial charge in [0.1, 0.15) is 0 Å². The van der Waals surface area contributed by atoms with E-state index in [0.717, 1.165) is 56.8 Å². The predicted octanol–water partition coefficient (Wildman–Crippen LogP) is 5.23. The maximum atomic E-state index is 12.1. The van der Waals surface area contributed by atoms with Crippen LogP contribution in [0.1, 0.15) is 90.9 Å². The van der Waals surface area contributed by atoms with Gasteiger partial charge in [0.05, 0.1) is 12.7 Å². The van der Waals surface area contributed by atoms with Crippen molar-refractivity contribution in [2.75, 3.05) is 6.61 Å². The molecule has 4 aliphatic rings. The van der Waals surface area contributed by atoms with Gasteiger partial charge in [-0.25, -0.2) is 0 Å². The lowest BCUT2D eigenvalue weighted by Gasteiger charge is -2.56. The van der Waals surface area contributed by atoms with Gasteiger partial charge < -0.3 is 9.84 Å². The van der Waals surface area contributed by atoms with E-state index in [1.165, 1.54) is 44.6 Å². The molecule has 4 nitrogen and oxygen atoms in total. The molecule has 4 heteroatoms. The Labute approximate surface area is 181 Å². The molecule has 0 aromatic heterocycles. The fourth-order valence-electron chi connectivity index (χ4n) is 7.72. The minimum atomic E-state index is -0.188. The van der Waals surface area contributed by atoms with E-state index >= 15 is 0 Å². The molecular weight excluding hydrogens is 376 g/mol. The minimum Gasteiger partial charge on any atom is -0.466 e. The molecule has 7 atom stereocenters. The lowest BCUT2D eigenvalue weighted by Crippen LogP contribution is -2.50. The van der Waals surface area contributed by atoms with Crippen LogP contribution >= 0.6 is 0 Å². The molecular formula is C26H40O4. The average Bonchev–Trinajstić information content (AvgIpc) is 3.01. The summed E-state index contributed by atoms with van der Waals surface area (Å²) in [5, 5.41) is 10.8. The van der Waals surface area contributed by atoms with Crippen molar-refractivity contribution in [2.24, 2.45) is 35.0 Å². The molecule has 4 rings (SSSR count). The molecule has 0 aromatic carbocycles. The van der Waals surface area contributed by atoms with Crippen LogP contribution in [-0.2, 0) is 14.3 Å². The number of rotatable bonds is 7. The molecule has 4 aliphatic carbocycles. The molecule has 30 heavy (non-hydrogen) atoms. The van der Waals surface area contributed by atoms with Crippen molar-refractivity contribution in [1.29, 1.82) is 0 Å². The van der Waals surface area contributed by atoms with Crippen LogP contribution < -0.4 is 0 Å². The van der Waals surface area contributed by atoms with Gasteiger partial charge in [-0.15, -0.1) is 0 Å². The Kier molecular flexibility index (Phi) is 6.72. The Morgan fingerprint density at radius 2 is 1.97 bits per heavy atom. The Morgan fingerprint density at radius 1 is 1.17 bits per heavy atom. The molecule has 3 saturated carbocycles. The van der Waals surface area contributed by atoms with Crippen LogP contribution in [0.15, 0.2) is 11.6 Å². The second-order valence-electron chi connectivity index (χ2n) is 10.8. The molecule has 0 aromatic rings. The summed E-state index contributed by atoms with van der Waals surface area (Å²) < 4.78 is 5.04. The molecule has 3 fully saturated rings. The molecule has 1 N–H and O–H groups in total. The first-order valence-electron chi connectivity index (χ1n) is 12.4. The third-order valence-corrected chi connectivity index (χ3v) is 9.19. The van der Waals surface area contributed by atoms with Crippen LogP contribution in [0.4, 0.5) is 0 Å². The van der Waals surface area contributed by atoms with Crippen molar-refractivity contribution >= 4 is 11.8 Å². The van der Waals surface area contributed by atoms with Gasteiger partial charge in [-0.05, 0) is 92.4 Å². The summed E-state index contributed by atoms with van der Waals surface area (Å²) in [5.41, 5.74) is 1.56. The van der Waals surface area contributed by atoms with Crippen LogP contribution in [0.2, 0.25) is 0 Å². The van der Waals surface area contributed by atoms with E-state index < -0.39 is 0 Å². The lowest BCUT2D eigenvalue weighted by molar-refractivity contribution is -0.141. The van der Waals surface area contributed by atoms with Crippen molar-refractivity contribution in [3.8, 4) is 0 Å². The number of aliphatic hydroxyl groups is 1. The number of ether oxygens (including phenoxy) is 1. The summed E-state index contributed by atoms with van der Waals surface area (Å²) in [4.78, 5) is 23.0. The zero-order valence-electron chi connectivity index (χ0n) is 18.9. The smallest absolute Gasteiger partial charge is 0.302 e. The van der Waals surface area contributed by atoms with Crippen molar-refractivity contribution in [3.05, 3.63) is 11.6 Å². The molecule has 0 aliphatic heterocycles. The van der Waals surface area contributed by atoms with Gasteiger partial charge in [0.25, 0.3) is 0 Å². The van der Waals surface area contributed by atoms with Crippen molar-refractivity contribution in [1.82, 2.24) is 0 Å². The van der Waals surface area contributed by atoms with Crippen molar-refractivity contribution in [3.63, 3.8) is 0 Å². The minimum absolute atomic E-state index is 0.106. The van der Waals surface area contributed by atoms with Gasteiger partial charge >= 0.3 is 5.97 Å². The lowest BCUT2D eigenvalue weighted by atomic mass is 9.49. The molecule has 0 heterocycles. The molecule has 0 spiro atoms. The monoisotopic (exact) mass is 416 g/mol. The summed E-state index contributed by atoms with van der Waals surface area (Å²) >= 11 is 0. The van der Waals surface area contributed by atoms with Crippen LogP contribution in [0.3, 0.4) is 0 Å². The average molecular weight is 417 g/mol. The highest BCUT2D eigenvalue weighted by atomic mass is 16.5. The van der Waals surface area contributed by atoms with Gasteiger partial charge in [-0.1, -0.05) is 31.8 Å². The van der Waals surface area contributed by atoms with Crippen LogP contribution in [0.25, 0.3) is 0 Å². The number of allylic oxidation sites excluding steroid dienone is 1. The standard InChI is InChI=1S/C26H40O4/c1-17(27)30-14-6-4-3-5-7-18-15-19-16-20(28)8-9-21(19)22-12-13-26(2)23(25(18)22)10-11-24(26)29/h16,18,21-25,29H,3-15H2,1-2H3/t18-,21+,22-,23+,24+,25-,26+/m1/s1. The van der Waals surface area contributed by atoms with Gasteiger partial charge in [0.15, 0.2) is 5.78 Å². The van der Waals surface area contributed by atoms with E-state index in [2.05, 4.69) is 6.92 Å². The molecule has 0 unspecified atom stereocenters. The Bertz CT molecular complexity index is 683. The number of hydrogen-bond donors (Lipinski definition) is 1. The predicted molar refractivity (Wildman–Crippen MR) is 117 cm³/mol. The Morgan fingerprint density at radius 3 is 2.77 bits per heavy atom. The van der Waals surface area contributed by atoms with Crippen LogP contribution in [-0.4, -0.2) is 29.6 Å².